The maximum atomic E-state index is 11.0. The van der Waals surface area contributed by atoms with E-state index in [0.29, 0.717) is 10.8 Å². The van der Waals surface area contributed by atoms with Gasteiger partial charge in [-0.25, -0.2) is 0 Å². The fourth-order valence-corrected chi connectivity index (χ4v) is 4.33. The summed E-state index contributed by atoms with van der Waals surface area (Å²) in [6.45, 7) is 13.2. The van der Waals surface area contributed by atoms with Crippen molar-refractivity contribution in [1.29, 1.82) is 0 Å². The highest BCUT2D eigenvalue weighted by Gasteiger charge is 2.36. The fraction of sp³-hybridized carbons (Fsp3) is 0.400. The number of carbonyl (C=O) groups excluding carboxylic acids is 1. The number of hydrogen-bond donors (Lipinski definition) is 0. The number of aromatic nitrogens is 1. The van der Waals surface area contributed by atoms with Gasteiger partial charge >= 0.3 is 5.97 Å². The van der Waals surface area contributed by atoms with Crippen LogP contribution in [0.15, 0.2) is 42.6 Å². The van der Waals surface area contributed by atoms with Gasteiger partial charge in [-0.3, -0.25) is 9.78 Å². The number of benzene rings is 1. The number of hydrogen-bond acceptors (Lipinski definition) is 3. The third kappa shape index (κ3) is 4.32. The molecule has 3 nitrogen and oxygen atoms in total. The zero-order valence-electron chi connectivity index (χ0n) is 15.5. The van der Waals surface area contributed by atoms with E-state index in [0.717, 1.165) is 17.7 Å². The Bertz CT molecular complexity index is 715. The van der Waals surface area contributed by atoms with E-state index in [-0.39, 0.29) is 5.97 Å². The molecule has 1 heterocycles. The molecule has 0 saturated carbocycles. The topological polar surface area (TPSA) is 39.2 Å². The first kappa shape index (κ1) is 18.4. The Labute approximate surface area is 146 Å². The first-order valence-corrected chi connectivity index (χ1v) is 11.3. The maximum Gasteiger partial charge on any atom is 0.308 e. The lowest BCUT2D eigenvalue weighted by Gasteiger charge is -2.37. The summed E-state index contributed by atoms with van der Waals surface area (Å²) in [6.07, 6.45) is 2.71. The summed E-state index contributed by atoms with van der Waals surface area (Å²) < 4.78 is 5.07. The van der Waals surface area contributed by atoms with Crippen LogP contribution in [0.25, 0.3) is 0 Å². The molecule has 0 aliphatic rings. The van der Waals surface area contributed by atoms with Crippen molar-refractivity contribution in [2.45, 2.75) is 52.2 Å². The largest absolute Gasteiger partial charge is 0.427 e. The quantitative estimate of drug-likeness (QED) is 0.472. The normalized spacial score (nSPS) is 12.1. The minimum atomic E-state index is -1.55. The molecule has 2 rings (SSSR count). The van der Waals surface area contributed by atoms with Crippen LogP contribution in [0.4, 0.5) is 0 Å². The van der Waals surface area contributed by atoms with Gasteiger partial charge in [-0.1, -0.05) is 51.2 Å². The molecule has 0 aliphatic carbocycles. The molecular formula is C20H27NO2Si. The molecule has 4 heteroatoms. The van der Waals surface area contributed by atoms with Crippen molar-refractivity contribution in [3.63, 3.8) is 0 Å². The summed E-state index contributed by atoms with van der Waals surface area (Å²) in [5.74, 6) is 0.278. The van der Waals surface area contributed by atoms with Crippen molar-refractivity contribution in [1.82, 2.24) is 4.98 Å². The van der Waals surface area contributed by atoms with Gasteiger partial charge in [0.15, 0.2) is 0 Å². The lowest BCUT2D eigenvalue weighted by molar-refractivity contribution is -0.131. The fourth-order valence-electron chi connectivity index (χ4n) is 2.45. The van der Waals surface area contributed by atoms with Crippen molar-refractivity contribution in [2.75, 3.05) is 0 Å². The Hall–Kier alpha value is -1.94. The lowest BCUT2D eigenvalue weighted by atomic mass is 10.1. The van der Waals surface area contributed by atoms with Gasteiger partial charge in [0, 0.05) is 25.2 Å². The van der Waals surface area contributed by atoms with E-state index < -0.39 is 8.07 Å². The van der Waals surface area contributed by atoms with E-state index in [9.17, 15) is 4.79 Å². The van der Waals surface area contributed by atoms with Crippen molar-refractivity contribution in [3.8, 4) is 5.75 Å². The van der Waals surface area contributed by atoms with Gasteiger partial charge in [0.25, 0.3) is 0 Å². The van der Waals surface area contributed by atoms with Gasteiger partial charge in [0.1, 0.15) is 5.75 Å². The van der Waals surface area contributed by atoms with Crippen LogP contribution in [0.2, 0.25) is 18.1 Å². The Kier molecular flexibility index (Phi) is 5.28. The van der Waals surface area contributed by atoms with E-state index in [4.69, 9.17) is 4.74 Å². The predicted octanol–water partition coefficient (Wildman–Crippen LogP) is 4.31. The standard InChI is InChI=1S/C20H27NO2Si/c1-15(22)23-18-9-7-16(8-10-18)13-17-14-19(11-12-21-17)24(5,6)20(2,3)4/h7-12,14H,13H2,1-6H3. The molecule has 0 N–H and O–H groups in total. The summed E-state index contributed by atoms with van der Waals surface area (Å²) >= 11 is 0. The molecule has 1 aromatic heterocycles. The van der Waals surface area contributed by atoms with E-state index >= 15 is 0 Å². The number of ether oxygens (including phenoxy) is 1. The van der Waals surface area contributed by atoms with E-state index in [1.54, 1.807) is 0 Å². The highest BCUT2D eigenvalue weighted by molar-refractivity contribution is 6.92. The van der Waals surface area contributed by atoms with Crippen molar-refractivity contribution >= 4 is 19.2 Å². The van der Waals surface area contributed by atoms with E-state index in [1.807, 2.05) is 30.5 Å². The van der Waals surface area contributed by atoms with Crippen molar-refractivity contribution in [2.24, 2.45) is 0 Å². The molecule has 0 atom stereocenters. The zero-order chi connectivity index (χ0) is 18.0. The third-order valence-electron chi connectivity index (χ3n) is 4.98. The molecule has 0 aliphatic heterocycles. The second-order valence-corrected chi connectivity index (χ2v) is 13.2. The van der Waals surface area contributed by atoms with Gasteiger partial charge in [-0.05, 0) is 34.9 Å². The minimum Gasteiger partial charge on any atom is -0.427 e. The first-order chi connectivity index (χ1) is 11.1. The van der Waals surface area contributed by atoms with Crippen LogP contribution in [0.5, 0.6) is 5.75 Å². The van der Waals surface area contributed by atoms with E-state index in [2.05, 4.69) is 51.0 Å². The molecule has 2 aromatic rings. The van der Waals surface area contributed by atoms with Crippen LogP contribution in [0, 0.1) is 0 Å². The first-order valence-electron chi connectivity index (χ1n) is 8.32. The van der Waals surface area contributed by atoms with Crippen molar-refractivity contribution < 1.29 is 9.53 Å². The van der Waals surface area contributed by atoms with Crippen LogP contribution in [0.1, 0.15) is 39.0 Å². The molecule has 24 heavy (non-hydrogen) atoms. The average molecular weight is 342 g/mol. The number of carbonyl (C=O) groups is 1. The minimum absolute atomic E-state index is 0.300. The molecular weight excluding hydrogens is 314 g/mol. The van der Waals surface area contributed by atoms with Gasteiger partial charge in [-0.2, -0.15) is 0 Å². The Morgan fingerprint density at radius 1 is 1.12 bits per heavy atom. The molecule has 128 valence electrons. The molecule has 0 fully saturated rings. The van der Waals surface area contributed by atoms with Crippen LogP contribution in [-0.2, 0) is 11.2 Å². The average Bonchev–Trinajstić information content (AvgIpc) is 2.48. The van der Waals surface area contributed by atoms with Gasteiger partial charge in [0.2, 0.25) is 0 Å². The number of pyridine rings is 1. The summed E-state index contributed by atoms with van der Waals surface area (Å²) in [5, 5.41) is 1.74. The monoisotopic (exact) mass is 341 g/mol. The summed E-state index contributed by atoms with van der Waals surface area (Å²) in [5.41, 5.74) is 2.24. The smallest absolute Gasteiger partial charge is 0.308 e. The lowest BCUT2D eigenvalue weighted by Crippen LogP contribution is -2.49. The second kappa shape index (κ2) is 6.89. The van der Waals surface area contributed by atoms with Crippen molar-refractivity contribution in [3.05, 3.63) is 53.9 Å². The molecule has 0 amide bonds. The molecule has 0 spiro atoms. The van der Waals surface area contributed by atoms with Gasteiger partial charge < -0.3 is 4.74 Å². The van der Waals surface area contributed by atoms with Gasteiger partial charge in [-0.15, -0.1) is 0 Å². The Balaban J connectivity index is 2.19. The number of esters is 1. The molecule has 1 aromatic carbocycles. The number of nitrogens with zero attached hydrogens (tertiary/aromatic N) is 1. The van der Waals surface area contributed by atoms with Crippen LogP contribution in [0.3, 0.4) is 0 Å². The SMILES string of the molecule is CC(=O)Oc1ccc(Cc2cc([Si](C)(C)C(C)(C)C)ccn2)cc1. The molecule has 0 radical (unpaired) electrons. The summed E-state index contributed by atoms with van der Waals surface area (Å²) in [4.78, 5) is 15.5. The highest BCUT2D eigenvalue weighted by Crippen LogP contribution is 2.35. The molecule has 0 bridgehead atoms. The Morgan fingerprint density at radius 2 is 1.75 bits per heavy atom. The van der Waals surface area contributed by atoms with Crippen LogP contribution >= 0.6 is 0 Å². The predicted molar refractivity (Wildman–Crippen MR) is 102 cm³/mol. The summed E-state index contributed by atoms with van der Waals surface area (Å²) in [7, 11) is -1.55. The highest BCUT2D eigenvalue weighted by atomic mass is 28.3. The molecule has 0 unspecified atom stereocenters. The Morgan fingerprint density at radius 3 is 2.29 bits per heavy atom. The van der Waals surface area contributed by atoms with Gasteiger partial charge in [0.05, 0.1) is 8.07 Å². The second-order valence-electron chi connectivity index (χ2n) is 7.83. The zero-order valence-corrected chi connectivity index (χ0v) is 16.5. The van der Waals surface area contributed by atoms with Crippen LogP contribution in [-0.4, -0.2) is 19.0 Å². The summed E-state index contributed by atoms with van der Waals surface area (Å²) in [6, 6.07) is 12.1. The number of rotatable bonds is 4. The van der Waals surface area contributed by atoms with Crippen LogP contribution < -0.4 is 9.92 Å². The molecule has 0 saturated heterocycles. The maximum absolute atomic E-state index is 11.0. The van der Waals surface area contributed by atoms with E-state index in [1.165, 1.54) is 12.1 Å². The third-order valence-corrected chi connectivity index (χ3v) is 10.5.